The molecule has 1 N–H and O–H groups in total. The second kappa shape index (κ2) is 12.7. The van der Waals surface area contributed by atoms with Crippen LogP contribution in [0, 0.1) is 0 Å². The Morgan fingerprint density at radius 2 is 1.97 bits per heavy atom. The molecule has 162 valence electrons. The Morgan fingerprint density at radius 1 is 1.24 bits per heavy atom. The van der Waals surface area contributed by atoms with Crippen LogP contribution in [0.4, 0.5) is 0 Å². The lowest BCUT2D eigenvalue weighted by molar-refractivity contribution is -0.145. The van der Waals surface area contributed by atoms with E-state index < -0.39 is 12.0 Å². The van der Waals surface area contributed by atoms with Crippen molar-refractivity contribution in [3.63, 3.8) is 0 Å². The van der Waals surface area contributed by atoms with Crippen molar-refractivity contribution in [1.82, 2.24) is 15.1 Å². The van der Waals surface area contributed by atoms with Gasteiger partial charge in [-0.15, -0.1) is 0 Å². The molecule has 0 saturated carbocycles. The molecule has 1 saturated heterocycles. The Labute approximate surface area is 178 Å². The fourth-order valence-electron chi connectivity index (χ4n) is 3.51. The van der Waals surface area contributed by atoms with Gasteiger partial charge in [0.1, 0.15) is 11.8 Å². The molecule has 29 heavy (non-hydrogen) atoms. The van der Waals surface area contributed by atoms with Gasteiger partial charge in [0.25, 0.3) is 0 Å². The summed E-state index contributed by atoms with van der Waals surface area (Å²) in [6, 6.07) is 7.25. The predicted molar refractivity (Wildman–Crippen MR) is 116 cm³/mol. The molecule has 0 aliphatic carbocycles. The van der Waals surface area contributed by atoms with E-state index >= 15 is 0 Å². The van der Waals surface area contributed by atoms with E-state index in [0.29, 0.717) is 19.6 Å². The van der Waals surface area contributed by atoms with Gasteiger partial charge in [-0.05, 0) is 50.4 Å². The molecule has 8 heteroatoms. The third kappa shape index (κ3) is 7.87. The summed E-state index contributed by atoms with van der Waals surface area (Å²) in [6.07, 6.45) is 4.90. The number of nitrogens with zero attached hydrogens (tertiary/aromatic N) is 2. The summed E-state index contributed by atoms with van der Waals surface area (Å²) in [5.74, 6) is 1.02. The van der Waals surface area contributed by atoms with Crippen molar-refractivity contribution in [2.75, 3.05) is 52.5 Å². The Hall–Kier alpha value is -1.77. The first-order chi connectivity index (χ1) is 14.1. The van der Waals surface area contributed by atoms with Crippen LogP contribution in [0.3, 0.4) is 0 Å². The van der Waals surface area contributed by atoms with E-state index in [-0.39, 0.29) is 12.5 Å². The number of hydrogen-bond donors (Lipinski definition) is 1. The van der Waals surface area contributed by atoms with Gasteiger partial charge < -0.3 is 14.8 Å². The lowest BCUT2D eigenvalue weighted by Crippen LogP contribution is -2.48. The van der Waals surface area contributed by atoms with Crippen molar-refractivity contribution in [3.05, 3.63) is 29.8 Å². The minimum atomic E-state index is -0.611. The van der Waals surface area contributed by atoms with E-state index in [1.54, 1.807) is 18.9 Å². The van der Waals surface area contributed by atoms with Gasteiger partial charge in [0.05, 0.1) is 27.4 Å². The van der Waals surface area contributed by atoms with Gasteiger partial charge in [-0.2, -0.15) is 11.8 Å². The molecule has 1 fully saturated rings. The number of methoxy groups -OCH3 is 2. The van der Waals surface area contributed by atoms with Crippen molar-refractivity contribution in [1.29, 1.82) is 0 Å². The van der Waals surface area contributed by atoms with Crippen LogP contribution in [0.25, 0.3) is 0 Å². The van der Waals surface area contributed by atoms with Crippen LogP contribution in [0.1, 0.15) is 24.8 Å². The zero-order valence-electron chi connectivity index (χ0n) is 17.7. The molecule has 1 amide bonds. The number of carbonyl (C=O) groups is 2. The Kier molecular flexibility index (Phi) is 10.3. The molecule has 1 unspecified atom stereocenters. The highest BCUT2D eigenvalue weighted by Crippen LogP contribution is 2.20. The molecule has 0 aromatic heterocycles. The lowest BCUT2D eigenvalue weighted by Gasteiger charge is -2.28. The third-order valence-electron chi connectivity index (χ3n) is 4.98. The number of rotatable bonds is 12. The summed E-state index contributed by atoms with van der Waals surface area (Å²) < 4.78 is 10.3. The summed E-state index contributed by atoms with van der Waals surface area (Å²) >= 11 is 1.64. The largest absolute Gasteiger partial charge is 0.496 e. The highest BCUT2D eigenvalue weighted by atomic mass is 32.2. The number of esters is 1. The molecule has 0 radical (unpaired) electrons. The Morgan fingerprint density at radius 3 is 2.62 bits per heavy atom. The fourth-order valence-corrected chi connectivity index (χ4v) is 3.98. The average Bonchev–Trinajstić information content (AvgIpc) is 3.23. The minimum absolute atomic E-state index is 0.171. The summed E-state index contributed by atoms with van der Waals surface area (Å²) in [7, 11) is 3.00. The number of hydrogen-bond acceptors (Lipinski definition) is 7. The van der Waals surface area contributed by atoms with Gasteiger partial charge in [-0.1, -0.05) is 18.2 Å². The molecular formula is C21H33N3O4S. The standard InChI is InChI=1S/C21H33N3O4S/c1-27-19-9-5-4-8-17(19)14-24(16-23-11-6-7-12-23)15-20(25)22-18(10-13-29-3)21(26)28-2/h4-5,8-9,18H,6-7,10-16H2,1-3H3,(H,22,25). The highest BCUT2D eigenvalue weighted by molar-refractivity contribution is 7.98. The second-order valence-electron chi connectivity index (χ2n) is 7.19. The van der Waals surface area contributed by atoms with E-state index in [1.807, 2.05) is 30.5 Å². The first-order valence-corrected chi connectivity index (χ1v) is 11.4. The van der Waals surface area contributed by atoms with Crippen molar-refractivity contribution < 1.29 is 19.1 Å². The fraction of sp³-hybridized carbons (Fsp3) is 0.619. The molecule has 0 bridgehead atoms. The zero-order valence-corrected chi connectivity index (χ0v) is 18.5. The van der Waals surface area contributed by atoms with Crippen LogP contribution in [-0.2, 0) is 20.9 Å². The maximum Gasteiger partial charge on any atom is 0.328 e. The number of carbonyl (C=O) groups excluding carboxylic acids is 2. The van der Waals surface area contributed by atoms with Crippen LogP contribution in [-0.4, -0.2) is 80.2 Å². The molecular weight excluding hydrogens is 390 g/mol. The van der Waals surface area contributed by atoms with Crippen molar-refractivity contribution in [2.24, 2.45) is 0 Å². The Bertz CT molecular complexity index is 653. The zero-order chi connectivity index (χ0) is 21.1. The van der Waals surface area contributed by atoms with E-state index in [4.69, 9.17) is 9.47 Å². The van der Waals surface area contributed by atoms with Crippen LogP contribution < -0.4 is 10.1 Å². The molecule has 2 rings (SSSR count). The van der Waals surface area contributed by atoms with Gasteiger partial charge in [-0.3, -0.25) is 14.6 Å². The van der Waals surface area contributed by atoms with E-state index in [1.165, 1.54) is 20.0 Å². The Balaban J connectivity index is 2.04. The molecule has 1 aliphatic heterocycles. The highest BCUT2D eigenvalue weighted by Gasteiger charge is 2.24. The maximum absolute atomic E-state index is 12.7. The van der Waals surface area contributed by atoms with Crippen LogP contribution >= 0.6 is 11.8 Å². The van der Waals surface area contributed by atoms with Gasteiger partial charge in [0.15, 0.2) is 0 Å². The normalized spacial score (nSPS) is 15.3. The topological polar surface area (TPSA) is 71.1 Å². The quantitative estimate of drug-likeness (QED) is 0.515. The van der Waals surface area contributed by atoms with Crippen molar-refractivity contribution in [2.45, 2.75) is 31.8 Å². The first kappa shape index (κ1) is 23.5. The lowest BCUT2D eigenvalue weighted by atomic mass is 10.2. The van der Waals surface area contributed by atoms with Gasteiger partial charge in [0.2, 0.25) is 5.91 Å². The third-order valence-corrected chi connectivity index (χ3v) is 5.63. The first-order valence-electron chi connectivity index (χ1n) is 10.00. The summed E-state index contributed by atoms with van der Waals surface area (Å²) in [5.41, 5.74) is 1.04. The van der Waals surface area contributed by atoms with E-state index in [2.05, 4.69) is 15.1 Å². The predicted octanol–water partition coefficient (Wildman–Crippen LogP) is 1.96. The number of benzene rings is 1. The molecule has 0 spiro atoms. The maximum atomic E-state index is 12.7. The summed E-state index contributed by atoms with van der Waals surface area (Å²) in [5, 5.41) is 2.85. The number of likely N-dealkylation sites (tertiary alicyclic amines) is 1. The second-order valence-corrected chi connectivity index (χ2v) is 8.18. The smallest absolute Gasteiger partial charge is 0.328 e. The molecule has 1 aromatic carbocycles. The van der Waals surface area contributed by atoms with Gasteiger partial charge >= 0.3 is 5.97 Å². The number of nitrogens with one attached hydrogen (secondary N) is 1. The van der Waals surface area contributed by atoms with Gasteiger partial charge in [0, 0.05) is 12.1 Å². The van der Waals surface area contributed by atoms with Crippen molar-refractivity contribution in [3.8, 4) is 5.75 Å². The molecule has 1 aromatic rings. The summed E-state index contributed by atoms with van der Waals surface area (Å²) in [4.78, 5) is 29.2. The monoisotopic (exact) mass is 423 g/mol. The number of thioether (sulfide) groups is 1. The molecule has 1 aliphatic rings. The van der Waals surface area contributed by atoms with E-state index in [0.717, 1.165) is 30.2 Å². The molecule has 7 nitrogen and oxygen atoms in total. The van der Waals surface area contributed by atoms with Crippen LogP contribution in [0.15, 0.2) is 24.3 Å². The van der Waals surface area contributed by atoms with Crippen LogP contribution in [0.5, 0.6) is 5.75 Å². The average molecular weight is 424 g/mol. The minimum Gasteiger partial charge on any atom is -0.496 e. The van der Waals surface area contributed by atoms with Crippen LogP contribution in [0.2, 0.25) is 0 Å². The van der Waals surface area contributed by atoms with E-state index in [9.17, 15) is 9.59 Å². The number of ether oxygens (including phenoxy) is 2. The molecule has 1 heterocycles. The number of para-hydroxylation sites is 1. The summed E-state index contributed by atoms with van der Waals surface area (Å²) in [6.45, 7) is 3.60. The van der Waals surface area contributed by atoms with Gasteiger partial charge in [-0.25, -0.2) is 4.79 Å². The number of amides is 1. The SMILES string of the molecule is COC(=O)C(CCSC)NC(=O)CN(Cc1ccccc1OC)CN1CCCC1. The molecule has 1 atom stereocenters. The van der Waals surface area contributed by atoms with Crippen molar-refractivity contribution >= 4 is 23.6 Å².